The molecule has 0 fully saturated rings. The van der Waals surface area contributed by atoms with Crippen LogP contribution in [0.3, 0.4) is 0 Å². The molecule has 0 aliphatic heterocycles. The molecule has 2 aliphatic carbocycles. The first kappa shape index (κ1) is 21.0. The molecule has 0 bridgehead atoms. The van der Waals surface area contributed by atoms with Crippen LogP contribution in [0.2, 0.25) is 0 Å². The molecule has 0 heterocycles. The van der Waals surface area contributed by atoms with Gasteiger partial charge in [-0.05, 0) is 0 Å². The average molecular weight is 482 g/mol. The van der Waals surface area contributed by atoms with Crippen molar-refractivity contribution in [3.8, 4) is 22.3 Å². The van der Waals surface area contributed by atoms with Crippen LogP contribution in [0.4, 0.5) is 0 Å². The van der Waals surface area contributed by atoms with Crippen molar-refractivity contribution in [1.29, 1.82) is 0 Å². The Morgan fingerprint density at radius 3 is 1.44 bits per heavy atom. The molecule has 0 saturated heterocycles. The Kier molecular flexibility index (Phi) is 4.60. The molecule has 5 heteroatoms. The Balaban J connectivity index is 1.68. The summed E-state index contributed by atoms with van der Waals surface area (Å²) in [4.78, 5) is 28.7. The van der Waals surface area contributed by atoms with Gasteiger partial charge in [-0.1, -0.05) is 0 Å². The van der Waals surface area contributed by atoms with E-state index in [0.717, 1.165) is 41.1 Å². The zero-order valence-corrected chi connectivity index (χ0v) is 20.1. The van der Waals surface area contributed by atoms with Gasteiger partial charge in [0.2, 0.25) is 0 Å². The zero-order chi connectivity index (χ0) is 23.4. The number of hydrogen-bond acceptors (Lipinski definition) is 4. The van der Waals surface area contributed by atoms with E-state index in [1.54, 1.807) is 0 Å². The second-order valence-electron chi connectivity index (χ2n) is 9.02. The van der Waals surface area contributed by atoms with Gasteiger partial charge in [0, 0.05) is 0 Å². The molecule has 0 N–H and O–H groups in total. The molecule has 4 aromatic carbocycles. The minimum atomic E-state index is -5.39. The molecule has 0 saturated carbocycles. The van der Waals surface area contributed by atoms with Gasteiger partial charge in [0.25, 0.3) is 0 Å². The van der Waals surface area contributed by atoms with Gasteiger partial charge in [0.1, 0.15) is 0 Å². The first-order valence-electron chi connectivity index (χ1n) is 11.3. The molecule has 166 valence electrons. The van der Waals surface area contributed by atoms with E-state index >= 15 is 0 Å². The summed E-state index contributed by atoms with van der Waals surface area (Å²) in [6, 6.07) is 28.3. The molecule has 4 nitrogen and oxygen atoms in total. The summed E-state index contributed by atoms with van der Waals surface area (Å²) in [6.45, 7) is 0.799. The molecular weight excluding hydrogens is 460 g/mol. The van der Waals surface area contributed by atoms with E-state index in [2.05, 4.69) is 41.2 Å². The second kappa shape index (κ2) is 7.46. The molecule has 0 radical (unpaired) electrons. The predicted octanol–water partition coefficient (Wildman–Crippen LogP) is 4.08. The Morgan fingerprint density at radius 1 is 0.588 bits per heavy atom. The van der Waals surface area contributed by atoms with E-state index in [-0.39, 0.29) is 0 Å². The molecule has 4 aromatic rings. The Bertz CT molecular complexity index is 1450. The fourth-order valence-electron chi connectivity index (χ4n) is 5.89. The van der Waals surface area contributed by atoms with Gasteiger partial charge in [0.05, 0.1) is 0 Å². The van der Waals surface area contributed by atoms with Gasteiger partial charge in [-0.2, -0.15) is 0 Å². The van der Waals surface area contributed by atoms with Crippen molar-refractivity contribution in [1.82, 2.24) is 0 Å². The van der Waals surface area contributed by atoms with Gasteiger partial charge in [-0.3, -0.25) is 0 Å². The Morgan fingerprint density at radius 2 is 1.00 bits per heavy atom. The summed E-state index contributed by atoms with van der Waals surface area (Å²) in [7, 11) is 0. The van der Waals surface area contributed by atoms with E-state index < -0.39 is 15.6 Å². The summed E-state index contributed by atoms with van der Waals surface area (Å²) >= 11 is -5.39. The summed E-state index contributed by atoms with van der Waals surface area (Å²) in [5.41, 5.74) is 8.80. The number of carbonyl (C=O) groups excluding carboxylic acids is 2. The van der Waals surface area contributed by atoms with Crippen LogP contribution >= 0.6 is 0 Å². The van der Waals surface area contributed by atoms with Crippen LogP contribution in [0.1, 0.15) is 22.3 Å². The third-order valence-corrected chi connectivity index (χ3v) is 14.1. The van der Waals surface area contributed by atoms with E-state index in [4.69, 9.17) is 6.64 Å². The van der Waals surface area contributed by atoms with Crippen LogP contribution in [0, 0.1) is 0 Å². The normalized spacial score (nSPS) is 13.3. The molecule has 0 aromatic heterocycles. The average Bonchev–Trinajstić information content (AvgIpc) is 3.42. The molecule has 6 rings (SSSR count). The van der Waals surface area contributed by atoms with Crippen molar-refractivity contribution in [2.24, 2.45) is 0 Å². The van der Waals surface area contributed by atoms with Crippen molar-refractivity contribution in [2.45, 2.75) is 12.8 Å². The summed E-state index contributed by atoms with van der Waals surface area (Å²) < 4.78 is 13.5. The molecule has 2 aliphatic rings. The maximum absolute atomic E-state index is 12.1. The van der Waals surface area contributed by atoms with Gasteiger partial charge >= 0.3 is 200 Å². The molecule has 0 atom stereocenters. The van der Waals surface area contributed by atoms with E-state index in [9.17, 15) is 9.59 Å². The second-order valence-corrected chi connectivity index (χ2v) is 15.4. The molecule has 0 amide bonds. The fourth-order valence-corrected chi connectivity index (χ4v) is 11.8. The predicted molar refractivity (Wildman–Crippen MR) is 130 cm³/mol. The molecular formula is C29H22O4Ti. The van der Waals surface area contributed by atoms with Crippen LogP contribution in [0.15, 0.2) is 84.9 Å². The maximum atomic E-state index is 12.1. The van der Waals surface area contributed by atoms with Crippen LogP contribution in [-0.2, 0) is 44.7 Å². The van der Waals surface area contributed by atoms with Crippen LogP contribution in [0.25, 0.3) is 22.3 Å². The van der Waals surface area contributed by atoms with E-state index in [1.807, 2.05) is 48.5 Å². The van der Waals surface area contributed by atoms with Crippen molar-refractivity contribution >= 4 is 25.5 Å². The first-order valence-corrected chi connectivity index (χ1v) is 15.2. The van der Waals surface area contributed by atoms with Crippen LogP contribution < -0.4 is 7.74 Å². The monoisotopic (exact) mass is 482 g/mol. The Hall–Kier alpha value is -3.60. The van der Waals surface area contributed by atoms with Crippen molar-refractivity contribution in [2.75, 3.05) is 0 Å². The van der Waals surface area contributed by atoms with Gasteiger partial charge in [-0.25, -0.2) is 0 Å². The summed E-state index contributed by atoms with van der Waals surface area (Å²) in [5, 5.41) is 0. The number of carbonyl (C=O) groups is 2. The SMILES string of the molecule is [CH2]=[Ti]([O]C=O)([O]C=O)([c]1cccc2c1Cc1ccccc1-2)[c]1cccc2c1Cc1ccccc1-2. The number of hydrogen-bond donors (Lipinski definition) is 0. The van der Waals surface area contributed by atoms with Gasteiger partial charge in [0.15, 0.2) is 0 Å². The van der Waals surface area contributed by atoms with Crippen molar-refractivity contribution < 1.29 is 31.8 Å². The van der Waals surface area contributed by atoms with Gasteiger partial charge < -0.3 is 0 Å². The number of rotatable bonds is 6. The quantitative estimate of drug-likeness (QED) is 0.265. The number of benzene rings is 4. The number of fused-ring (bicyclic) bond motifs is 6. The van der Waals surface area contributed by atoms with E-state index in [1.165, 1.54) is 11.1 Å². The topological polar surface area (TPSA) is 52.6 Å². The fraction of sp³-hybridized carbons (Fsp3) is 0.0690. The summed E-state index contributed by atoms with van der Waals surface area (Å²) in [6.07, 6.45) is 1.33. The van der Waals surface area contributed by atoms with Crippen LogP contribution in [-0.4, -0.2) is 17.8 Å². The van der Waals surface area contributed by atoms with Crippen molar-refractivity contribution in [3.63, 3.8) is 0 Å². The summed E-state index contributed by atoms with van der Waals surface area (Å²) in [5.74, 6) is 0. The molecule has 0 spiro atoms. The van der Waals surface area contributed by atoms with E-state index in [0.29, 0.717) is 25.8 Å². The third-order valence-electron chi connectivity index (χ3n) is 7.39. The van der Waals surface area contributed by atoms with Crippen LogP contribution in [0.5, 0.6) is 0 Å². The first-order chi connectivity index (χ1) is 16.6. The molecule has 34 heavy (non-hydrogen) atoms. The molecule has 0 unspecified atom stereocenters. The van der Waals surface area contributed by atoms with Gasteiger partial charge in [-0.15, -0.1) is 0 Å². The third kappa shape index (κ3) is 2.73. The Labute approximate surface area is 199 Å². The van der Waals surface area contributed by atoms with Crippen molar-refractivity contribution in [3.05, 3.63) is 107 Å². The standard InChI is InChI=1S/2C13H9.2CH2O2.CH2.Ti/c2*1-3-7-12-10(5-1)9-11-6-2-4-8-13(11)12;2*2-1-3;;/h2*1-5,7-8H,9H2;2*1H,(H,2,3);1H2;/q;;;;;+2/p-2. The minimum absolute atomic E-state index is 0.399. The zero-order valence-electron chi connectivity index (χ0n) is 18.5.